The first-order chi connectivity index (χ1) is 13.1. The third-order valence-corrected chi connectivity index (χ3v) is 5.15. The third-order valence-electron chi connectivity index (χ3n) is 4.01. The molecule has 1 atom stereocenters. The van der Waals surface area contributed by atoms with Gasteiger partial charge in [0.05, 0.1) is 30.0 Å². The molecule has 2 aromatic carbocycles. The molecule has 1 amide bonds. The summed E-state index contributed by atoms with van der Waals surface area (Å²) in [7, 11) is -2.28. The lowest BCUT2D eigenvalue weighted by Gasteiger charge is -2.23. The predicted molar refractivity (Wildman–Crippen MR) is 105 cm³/mol. The molecule has 1 N–H and O–H groups in total. The Labute approximate surface area is 163 Å². The van der Waals surface area contributed by atoms with Crippen LogP contribution in [0.25, 0.3) is 0 Å². The molecule has 0 spiro atoms. The molecule has 2 aromatic rings. The van der Waals surface area contributed by atoms with E-state index in [-0.39, 0.29) is 17.4 Å². The van der Waals surface area contributed by atoms with Gasteiger partial charge in [-0.3, -0.25) is 19.2 Å². The van der Waals surface area contributed by atoms with Gasteiger partial charge in [-0.25, -0.2) is 8.42 Å². The van der Waals surface area contributed by atoms with Crippen LogP contribution in [0.5, 0.6) is 5.75 Å². The van der Waals surface area contributed by atoms with Crippen molar-refractivity contribution < 1.29 is 22.9 Å². The minimum Gasteiger partial charge on any atom is -0.497 e. The van der Waals surface area contributed by atoms with Crippen LogP contribution in [0.1, 0.15) is 18.5 Å². The Kier molecular flexibility index (Phi) is 6.57. The highest BCUT2D eigenvalue weighted by atomic mass is 32.2. The molecule has 0 aromatic heterocycles. The number of benzene rings is 2. The van der Waals surface area contributed by atoms with E-state index in [1.165, 1.54) is 18.2 Å². The number of hydrogen-bond acceptors (Lipinski definition) is 6. The van der Waals surface area contributed by atoms with E-state index >= 15 is 0 Å². The zero-order valence-electron chi connectivity index (χ0n) is 15.7. The van der Waals surface area contributed by atoms with E-state index in [4.69, 9.17) is 4.74 Å². The minimum atomic E-state index is -3.83. The molecule has 28 heavy (non-hydrogen) atoms. The molecular formula is C18H21N3O6S. The van der Waals surface area contributed by atoms with E-state index in [0.29, 0.717) is 5.75 Å². The number of ether oxygens (including phenoxy) is 1. The van der Waals surface area contributed by atoms with E-state index < -0.39 is 27.4 Å². The molecule has 0 aliphatic carbocycles. The van der Waals surface area contributed by atoms with Crippen LogP contribution in [0.2, 0.25) is 0 Å². The number of non-ortho nitro benzene ring substituents is 1. The molecule has 0 aliphatic heterocycles. The summed E-state index contributed by atoms with van der Waals surface area (Å²) in [6, 6.07) is 11.8. The first kappa shape index (κ1) is 21.2. The lowest BCUT2D eigenvalue weighted by molar-refractivity contribution is -0.384. The summed E-state index contributed by atoms with van der Waals surface area (Å²) >= 11 is 0. The van der Waals surface area contributed by atoms with E-state index in [0.717, 1.165) is 22.2 Å². The van der Waals surface area contributed by atoms with Gasteiger partial charge >= 0.3 is 0 Å². The van der Waals surface area contributed by atoms with Gasteiger partial charge in [0.15, 0.2) is 0 Å². The number of rotatable bonds is 8. The van der Waals surface area contributed by atoms with Crippen LogP contribution in [0.15, 0.2) is 48.5 Å². The normalized spacial score (nSPS) is 12.1. The van der Waals surface area contributed by atoms with Crippen molar-refractivity contribution >= 4 is 27.3 Å². The smallest absolute Gasteiger partial charge is 0.271 e. The van der Waals surface area contributed by atoms with E-state index in [1.54, 1.807) is 38.3 Å². The summed E-state index contributed by atoms with van der Waals surface area (Å²) < 4.78 is 30.2. The zero-order valence-corrected chi connectivity index (χ0v) is 16.5. The van der Waals surface area contributed by atoms with Gasteiger partial charge in [-0.1, -0.05) is 18.2 Å². The largest absolute Gasteiger partial charge is 0.497 e. The summed E-state index contributed by atoms with van der Waals surface area (Å²) in [4.78, 5) is 22.7. The second-order valence-electron chi connectivity index (χ2n) is 6.11. The molecule has 0 saturated heterocycles. The number of nitrogens with one attached hydrogen (secondary N) is 1. The number of methoxy groups -OCH3 is 1. The van der Waals surface area contributed by atoms with Gasteiger partial charge in [0.25, 0.3) is 5.69 Å². The first-order valence-corrected chi connectivity index (χ1v) is 10.1. The molecule has 0 radical (unpaired) electrons. The van der Waals surface area contributed by atoms with Gasteiger partial charge in [-0.05, 0) is 30.7 Å². The molecule has 0 aliphatic rings. The fraction of sp³-hybridized carbons (Fsp3) is 0.278. The minimum absolute atomic E-state index is 0.0453. The quantitative estimate of drug-likeness (QED) is 0.529. The van der Waals surface area contributed by atoms with Crippen molar-refractivity contribution in [2.45, 2.75) is 13.0 Å². The molecular weight excluding hydrogens is 386 g/mol. The molecule has 0 unspecified atom stereocenters. The van der Waals surface area contributed by atoms with Crippen LogP contribution in [0.4, 0.5) is 11.4 Å². The topological polar surface area (TPSA) is 119 Å². The Balaban J connectivity index is 2.17. The summed E-state index contributed by atoms with van der Waals surface area (Å²) in [6.07, 6.45) is 0.937. The standard InChI is InChI=1S/C18H21N3O6S/c1-13(14-7-9-17(27-2)10-8-14)19-18(22)12-20(28(3,25)26)15-5-4-6-16(11-15)21(23)24/h4-11,13H,12H2,1-3H3,(H,19,22)/t13-/m0/s1. The van der Waals surface area contributed by atoms with Gasteiger partial charge in [0.2, 0.25) is 15.9 Å². The van der Waals surface area contributed by atoms with Crippen molar-refractivity contribution in [3.8, 4) is 5.75 Å². The zero-order chi connectivity index (χ0) is 20.9. The average Bonchev–Trinajstić information content (AvgIpc) is 2.65. The molecule has 0 heterocycles. The van der Waals surface area contributed by atoms with Crippen molar-refractivity contribution in [1.82, 2.24) is 5.32 Å². The fourth-order valence-electron chi connectivity index (χ4n) is 2.56. The van der Waals surface area contributed by atoms with Crippen LogP contribution in [0.3, 0.4) is 0 Å². The van der Waals surface area contributed by atoms with Crippen molar-refractivity contribution in [3.63, 3.8) is 0 Å². The summed E-state index contributed by atoms with van der Waals surface area (Å²) in [5, 5.41) is 13.7. The second-order valence-corrected chi connectivity index (χ2v) is 8.02. The van der Waals surface area contributed by atoms with Crippen LogP contribution < -0.4 is 14.4 Å². The van der Waals surface area contributed by atoms with Crippen molar-refractivity contribution in [2.75, 3.05) is 24.2 Å². The molecule has 0 saturated carbocycles. The van der Waals surface area contributed by atoms with Crippen LogP contribution in [-0.2, 0) is 14.8 Å². The Morgan fingerprint density at radius 1 is 1.25 bits per heavy atom. The third kappa shape index (κ3) is 5.43. The SMILES string of the molecule is COc1ccc([C@H](C)NC(=O)CN(c2cccc([N+](=O)[O-])c2)S(C)(=O)=O)cc1. The first-order valence-electron chi connectivity index (χ1n) is 8.27. The number of nitro groups is 1. The Bertz CT molecular complexity index is 960. The Morgan fingerprint density at radius 3 is 2.43 bits per heavy atom. The van der Waals surface area contributed by atoms with Crippen molar-refractivity contribution in [2.24, 2.45) is 0 Å². The van der Waals surface area contributed by atoms with Crippen molar-refractivity contribution in [1.29, 1.82) is 0 Å². The van der Waals surface area contributed by atoms with E-state index in [9.17, 15) is 23.3 Å². The summed E-state index contributed by atoms with van der Waals surface area (Å²) in [5.41, 5.74) is 0.595. The maximum Gasteiger partial charge on any atom is 0.271 e. The molecule has 0 bridgehead atoms. The summed E-state index contributed by atoms with van der Waals surface area (Å²) in [6.45, 7) is 1.26. The maximum absolute atomic E-state index is 12.4. The fourth-order valence-corrected chi connectivity index (χ4v) is 3.40. The van der Waals surface area contributed by atoms with E-state index in [2.05, 4.69) is 5.32 Å². The highest BCUT2D eigenvalue weighted by Crippen LogP contribution is 2.23. The molecule has 0 fully saturated rings. The van der Waals surface area contributed by atoms with Gasteiger partial charge in [-0.15, -0.1) is 0 Å². The Hall–Kier alpha value is -3.14. The lowest BCUT2D eigenvalue weighted by Crippen LogP contribution is -2.41. The van der Waals surface area contributed by atoms with Crippen LogP contribution in [-0.4, -0.2) is 39.2 Å². The average molecular weight is 407 g/mol. The highest BCUT2D eigenvalue weighted by Gasteiger charge is 2.23. The molecule has 150 valence electrons. The van der Waals surface area contributed by atoms with E-state index in [1.807, 2.05) is 0 Å². The Morgan fingerprint density at radius 2 is 1.89 bits per heavy atom. The summed E-state index contributed by atoms with van der Waals surface area (Å²) in [5.74, 6) is 0.136. The number of anilines is 1. The maximum atomic E-state index is 12.4. The number of carbonyl (C=O) groups excluding carboxylic acids is 1. The number of nitro benzene ring substituents is 1. The van der Waals surface area contributed by atoms with Gasteiger partial charge in [0.1, 0.15) is 12.3 Å². The highest BCUT2D eigenvalue weighted by molar-refractivity contribution is 7.92. The van der Waals surface area contributed by atoms with Gasteiger partial charge in [0, 0.05) is 12.1 Å². The number of sulfonamides is 1. The van der Waals surface area contributed by atoms with Gasteiger partial charge in [-0.2, -0.15) is 0 Å². The molecule has 2 rings (SSSR count). The van der Waals surface area contributed by atoms with Crippen LogP contribution >= 0.6 is 0 Å². The monoisotopic (exact) mass is 407 g/mol. The number of hydrogen-bond donors (Lipinski definition) is 1. The number of nitrogens with zero attached hydrogens (tertiary/aromatic N) is 2. The van der Waals surface area contributed by atoms with Crippen molar-refractivity contribution in [3.05, 3.63) is 64.2 Å². The lowest BCUT2D eigenvalue weighted by atomic mass is 10.1. The molecule has 9 nitrogen and oxygen atoms in total. The molecule has 10 heteroatoms. The van der Waals surface area contributed by atoms with Gasteiger partial charge < -0.3 is 10.1 Å². The predicted octanol–water partition coefficient (Wildman–Crippen LogP) is 2.25. The second kappa shape index (κ2) is 8.70. The number of amides is 1. The van der Waals surface area contributed by atoms with Crippen LogP contribution in [0, 0.1) is 10.1 Å². The number of carbonyl (C=O) groups is 1.